The average molecular weight is 203 g/mol. The molecule has 0 unspecified atom stereocenters. The van der Waals surface area contributed by atoms with E-state index in [2.05, 4.69) is 9.97 Å². The van der Waals surface area contributed by atoms with E-state index in [-0.39, 0.29) is 5.82 Å². The molecular weight excluding hydrogens is 193 g/mol. The van der Waals surface area contributed by atoms with Gasteiger partial charge in [-0.3, -0.25) is 4.98 Å². The molecule has 0 bridgehead atoms. The highest BCUT2D eigenvalue weighted by molar-refractivity contribution is 5.73. The van der Waals surface area contributed by atoms with Crippen molar-refractivity contribution in [1.29, 1.82) is 0 Å². The lowest BCUT2D eigenvalue weighted by Gasteiger charge is -2.06. The summed E-state index contributed by atoms with van der Waals surface area (Å²) < 4.78 is 13.5. The second kappa shape index (κ2) is 3.65. The van der Waals surface area contributed by atoms with Crippen molar-refractivity contribution in [3.05, 3.63) is 42.1 Å². The fraction of sp³-hybridized carbons (Fsp3) is 0.0909. The predicted octanol–water partition coefficient (Wildman–Crippen LogP) is 2.17. The van der Waals surface area contributed by atoms with Crippen molar-refractivity contribution >= 4 is 5.82 Å². The molecule has 0 fully saturated rings. The number of nitrogen functional groups attached to an aromatic ring is 1. The third-order valence-electron chi connectivity index (χ3n) is 2.12. The first-order valence-corrected chi connectivity index (χ1v) is 4.51. The summed E-state index contributed by atoms with van der Waals surface area (Å²) in [5.41, 5.74) is 7.45. The Bertz CT molecular complexity index is 497. The summed E-state index contributed by atoms with van der Waals surface area (Å²) in [6.45, 7) is 1.80. The summed E-state index contributed by atoms with van der Waals surface area (Å²) in [5.74, 6) is -0.0673. The Kier molecular flexibility index (Phi) is 2.33. The van der Waals surface area contributed by atoms with Crippen molar-refractivity contribution in [3.63, 3.8) is 0 Å². The molecule has 4 heteroatoms. The van der Waals surface area contributed by atoms with Crippen LogP contribution in [-0.4, -0.2) is 9.97 Å². The minimum atomic E-state index is -0.389. The highest BCUT2D eigenvalue weighted by Crippen LogP contribution is 2.26. The van der Waals surface area contributed by atoms with Crippen LogP contribution in [0.3, 0.4) is 0 Å². The fourth-order valence-corrected chi connectivity index (χ4v) is 1.39. The van der Waals surface area contributed by atoms with Gasteiger partial charge < -0.3 is 5.73 Å². The van der Waals surface area contributed by atoms with Crippen LogP contribution >= 0.6 is 0 Å². The molecule has 0 aliphatic carbocycles. The molecule has 0 aromatic carbocycles. The number of aryl methyl sites for hydroxylation is 1. The SMILES string of the molecule is Cc1cc(-c2cccnc2N)c(F)cn1. The van der Waals surface area contributed by atoms with E-state index in [9.17, 15) is 4.39 Å². The highest BCUT2D eigenvalue weighted by atomic mass is 19.1. The van der Waals surface area contributed by atoms with E-state index in [4.69, 9.17) is 5.73 Å². The topological polar surface area (TPSA) is 51.8 Å². The van der Waals surface area contributed by atoms with Gasteiger partial charge in [-0.25, -0.2) is 9.37 Å². The first kappa shape index (κ1) is 9.58. The van der Waals surface area contributed by atoms with Crippen molar-refractivity contribution in [2.75, 3.05) is 5.73 Å². The summed E-state index contributed by atoms with van der Waals surface area (Å²) in [6.07, 6.45) is 2.77. The van der Waals surface area contributed by atoms with Crippen molar-refractivity contribution < 1.29 is 4.39 Å². The molecule has 0 radical (unpaired) electrons. The maximum Gasteiger partial charge on any atom is 0.149 e. The molecule has 0 amide bonds. The third-order valence-corrected chi connectivity index (χ3v) is 2.12. The minimum absolute atomic E-state index is 0.321. The maximum absolute atomic E-state index is 13.5. The zero-order valence-electron chi connectivity index (χ0n) is 8.24. The van der Waals surface area contributed by atoms with Gasteiger partial charge in [-0.05, 0) is 25.1 Å². The smallest absolute Gasteiger partial charge is 0.149 e. The van der Waals surface area contributed by atoms with Crippen LogP contribution in [0.15, 0.2) is 30.6 Å². The monoisotopic (exact) mass is 203 g/mol. The van der Waals surface area contributed by atoms with Crippen molar-refractivity contribution in [3.8, 4) is 11.1 Å². The van der Waals surface area contributed by atoms with E-state index < -0.39 is 0 Å². The summed E-state index contributed by atoms with van der Waals surface area (Å²) >= 11 is 0. The molecule has 76 valence electrons. The van der Waals surface area contributed by atoms with Gasteiger partial charge in [0.2, 0.25) is 0 Å². The van der Waals surface area contributed by atoms with E-state index in [0.29, 0.717) is 16.9 Å². The normalized spacial score (nSPS) is 10.3. The predicted molar refractivity (Wildman–Crippen MR) is 56.6 cm³/mol. The second-order valence-corrected chi connectivity index (χ2v) is 3.24. The van der Waals surface area contributed by atoms with Crippen LogP contribution in [0.4, 0.5) is 10.2 Å². The van der Waals surface area contributed by atoms with Gasteiger partial charge in [-0.15, -0.1) is 0 Å². The maximum atomic E-state index is 13.5. The Labute approximate surface area is 86.8 Å². The van der Waals surface area contributed by atoms with E-state index in [1.165, 1.54) is 6.20 Å². The van der Waals surface area contributed by atoms with E-state index in [1.54, 1.807) is 31.3 Å². The Hall–Kier alpha value is -1.97. The average Bonchev–Trinajstić information content (AvgIpc) is 2.23. The molecule has 0 saturated carbocycles. The molecule has 2 heterocycles. The quantitative estimate of drug-likeness (QED) is 0.772. The van der Waals surface area contributed by atoms with Crippen LogP contribution in [0.2, 0.25) is 0 Å². The molecule has 0 atom stereocenters. The molecule has 2 N–H and O–H groups in total. The molecule has 0 saturated heterocycles. The number of hydrogen-bond acceptors (Lipinski definition) is 3. The number of halogens is 1. The van der Waals surface area contributed by atoms with Crippen LogP contribution in [-0.2, 0) is 0 Å². The zero-order chi connectivity index (χ0) is 10.8. The van der Waals surface area contributed by atoms with Gasteiger partial charge in [-0.1, -0.05) is 0 Å². The van der Waals surface area contributed by atoms with E-state index in [1.807, 2.05) is 0 Å². The Balaban J connectivity index is 2.64. The highest BCUT2D eigenvalue weighted by Gasteiger charge is 2.09. The van der Waals surface area contributed by atoms with Crippen LogP contribution in [0.5, 0.6) is 0 Å². The molecule has 3 nitrogen and oxygen atoms in total. The standard InChI is InChI=1S/C11H10FN3/c1-7-5-9(10(12)6-15-7)8-3-2-4-14-11(8)13/h2-6H,1H3,(H2,13,14). The van der Waals surface area contributed by atoms with E-state index in [0.717, 1.165) is 5.69 Å². The van der Waals surface area contributed by atoms with Gasteiger partial charge in [-0.2, -0.15) is 0 Å². The van der Waals surface area contributed by atoms with Crippen LogP contribution in [0, 0.1) is 12.7 Å². The number of aromatic nitrogens is 2. The molecular formula is C11H10FN3. The number of anilines is 1. The van der Waals surface area contributed by atoms with Crippen LogP contribution in [0.25, 0.3) is 11.1 Å². The fourth-order valence-electron chi connectivity index (χ4n) is 1.39. The van der Waals surface area contributed by atoms with E-state index >= 15 is 0 Å². The first-order valence-electron chi connectivity index (χ1n) is 4.51. The second-order valence-electron chi connectivity index (χ2n) is 3.24. The van der Waals surface area contributed by atoms with Gasteiger partial charge in [0.1, 0.15) is 11.6 Å². The lowest BCUT2D eigenvalue weighted by Crippen LogP contribution is -1.96. The summed E-state index contributed by atoms with van der Waals surface area (Å²) in [4.78, 5) is 7.78. The zero-order valence-corrected chi connectivity index (χ0v) is 8.24. The third kappa shape index (κ3) is 1.79. The minimum Gasteiger partial charge on any atom is -0.383 e. The summed E-state index contributed by atoms with van der Waals surface area (Å²) in [5, 5.41) is 0. The Morgan fingerprint density at radius 2 is 2.07 bits per heavy atom. The van der Waals surface area contributed by atoms with Crippen LogP contribution < -0.4 is 5.73 Å². The molecule has 15 heavy (non-hydrogen) atoms. The number of nitrogens with zero attached hydrogens (tertiary/aromatic N) is 2. The van der Waals surface area contributed by atoms with Gasteiger partial charge in [0, 0.05) is 23.0 Å². The van der Waals surface area contributed by atoms with Crippen molar-refractivity contribution in [2.45, 2.75) is 6.92 Å². The number of pyridine rings is 2. The number of rotatable bonds is 1. The summed E-state index contributed by atoms with van der Waals surface area (Å²) in [7, 11) is 0. The number of hydrogen-bond donors (Lipinski definition) is 1. The lowest BCUT2D eigenvalue weighted by atomic mass is 10.1. The number of nitrogens with two attached hydrogens (primary N) is 1. The summed E-state index contributed by atoms with van der Waals surface area (Å²) in [6, 6.07) is 5.11. The molecule has 2 aromatic rings. The largest absolute Gasteiger partial charge is 0.383 e. The van der Waals surface area contributed by atoms with Crippen molar-refractivity contribution in [2.24, 2.45) is 0 Å². The van der Waals surface area contributed by atoms with Gasteiger partial charge >= 0.3 is 0 Å². The first-order chi connectivity index (χ1) is 7.18. The van der Waals surface area contributed by atoms with Gasteiger partial charge in [0.15, 0.2) is 0 Å². The lowest BCUT2D eigenvalue weighted by molar-refractivity contribution is 0.624. The molecule has 0 aliphatic rings. The Morgan fingerprint density at radius 1 is 1.27 bits per heavy atom. The molecule has 2 rings (SSSR count). The van der Waals surface area contributed by atoms with Crippen LogP contribution in [0.1, 0.15) is 5.69 Å². The van der Waals surface area contributed by atoms with Gasteiger partial charge in [0.05, 0.1) is 6.20 Å². The van der Waals surface area contributed by atoms with Crippen molar-refractivity contribution in [1.82, 2.24) is 9.97 Å². The molecule has 0 aliphatic heterocycles. The van der Waals surface area contributed by atoms with Gasteiger partial charge in [0.25, 0.3) is 0 Å². The molecule has 0 spiro atoms. The molecule has 2 aromatic heterocycles. The Morgan fingerprint density at radius 3 is 2.80 bits per heavy atom.